The van der Waals surface area contributed by atoms with Gasteiger partial charge in [0, 0.05) is 18.9 Å². The standard InChI is InChI=1S/C22H32O6/c1-13-7-6-8-14(2)19(25)12-20(27-16(4)23)22(5)10-9-17(11-18(13)24)15(3)21(26)28-22/h7-8,17-20,24-25H,3,6,9-12H2,1-2,4-5H3/b13-7+,14-8+/t17-,18-,19+,20+,22-/m0/s1. The fourth-order valence-corrected chi connectivity index (χ4v) is 3.79. The first kappa shape index (κ1) is 22.4. The Balaban J connectivity index is 2.47. The molecular weight excluding hydrogens is 360 g/mol. The highest BCUT2D eigenvalue weighted by Crippen LogP contribution is 2.38. The Bertz CT molecular complexity index is 691. The van der Waals surface area contributed by atoms with Crippen LogP contribution in [0.2, 0.25) is 0 Å². The maximum atomic E-state index is 12.7. The second kappa shape index (κ2) is 9.05. The predicted octanol–water partition coefficient (Wildman–Crippen LogP) is 2.98. The highest BCUT2D eigenvalue weighted by molar-refractivity contribution is 5.89. The lowest BCUT2D eigenvalue weighted by atomic mass is 9.82. The first-order valence-electron chi connectivity index (χ1n) is 9.82. The van der Waals surface area contributed by atoms with Crippen molar-refractivity contribution in [2.75, 3.05) is 0 Å². The maximum absolute atomic E-state index is 12.7. The minimum Gasteiger partial charge on any atom is -0.458 e. The molecule has 6 heteroatoms. The van der Waals surface area contributed by atoms with Gasteiger partial charge in [-0.3, -0.25) is 4.79 Å². The normalized spacial score (nSPS) is 38.9. The van der Waals surface area contributed by atoms with Crippen LogP contribution in [-0.4, -0.2) is 46.1 Å². The van der Waals surface area contributed by atoms with Gasteiger partial charge in [-0.1, -0.05) is 18.7 Å². The molecule has 28 heavy (non-hydrogen) atoms. The van der Waals surface area contributed by atoms with Crippen molar-refractivity contribution in [2.24, 2.45) is 5.92 Å². The molecule has 0 spiro atoms. The van der Waals surface area contributed by atoms with Crippen molar-refractivity contribution in [3.05, 3.63) is 35.5 Å². The van der Waals surface area contributed by atoms with E-state index in [9.17, 15) is 19.8 Å². The van der Waals surface area contributed by atoms with Crippen LogP contribution in [0.25, 0.3) is 0 Å². The molecule has 0 aromatic carbocycles. The molecule has 1 heterocycles. The molecular formula is C22H32O6. The van der Waals surface area contributed by atoms with E-state index in [1.807, 2.05) is 19.1 Å². The van der Waals surface area contributed by atoms with Crippen LogP contribution >= 0.6 is 0 Å². The van der Waals surface area contributed by atoms with E-state index in [1.54, 1.807) is 13.8 Å². The summed E-state index contributed by atoms with van der Waals surface area (Å²) in [6, 6.07) is 0. The Hall–Kier alpha value is -1.92. The van der Waals surface area contributed by atoms with Crippen molar-refractivity contribution in [2.45, 2.75) is 83.7 Å². The molecule has 2 aliphatic rings. The number of fused-ring (bicyclic) bond motifs is 3. The molecule has 2 N–H and O–H groups in total. The van der Waals surface area contributed by atoms with Crippen LogP contribution in [0.1, 0.15) is 59.8 Å². The summed E-state index contributed by atoms with van der Waals surface area (Å²) < 4.78 is 11.2. The van der Waals surface area contributed by atoms with E-state index < -0.39 is 35.9 Å². The molecule has 1 saturated heterocycles. The Morgan fingerprint density at radius 3 is 2.36 bits per heavy atom. The van der Waals surface area contributed by atoms with Crippen LogP contribution in [0.4, 0.5) is 0 Å². The fourth-order valence-electron chi connectivity index (χ4n) is 3.79. The maximum Gasteiger partial charge on any atom is 0.334 e. The van der Waals surface area contributed by atoms with Crippen LogP contribution in [0, 0.1) is 5.92 Å². The van der Waals surface area contributed by atoms with E-state index in [1.165, 1.54) is 6.92 Å². The molecule has 2 bridgehead atoms. The number of hydrogen-bond donors (Lipinski definition) is 2. The van der Waals surface area contributed by atoms with Gasteiger partial charge in [-0.15, -0.1) is 0 Å². The second-order valence-corrected chi connectivity index (χ2v) is 8.20. The van der Waals surface area contributed by atoms with E-state index in [0.717, 1.165) is 11.1 Å². The number of aliphatic hydroxyl groups excluding tert-OH is 2. The Morgan fingerprint density at radius 1 is 1.21 bits per heavy atom. The van der Waals surface area contributed by atoms with E-state index in [-0.39, 0.29) is 12.3 Å². The van der Waals surface area contributed by atoms with Crippen molar-refractivity contribution in [1.29, 1.82) is 0 Å². The molecule has 0 radical (unpaired) electrons. The zero-order valence-corrected chi connectivity index (χ0v) is 17.2. The molecule has 2 rings (SSSR count). The van der Waals surface area contributed by atoms with Crippen LogP contribution in [0.15, 0.2) is 35.5 Å². The van der Waals surface area contributed by atoms with Gasteiger partial charge in [-0.05, 0) is 63.5 Å². The quantitative estimate of drug-likeness (QED) is 0.405. The molecule has 1 aliphatic carbocycles. The van der Waals surface area contributed by atoms with E-state index in [4.69, 9.17) is 9.47 Å². The Labute approximate surface area is 166 Å². The van der Waals surface area contributed by atoms with Crippen LogP contribution < -0.4 is 0 Å². The summed E-state index contributed by atoms with van der Waals surface area (Å²) in [6.45, 7) is 10.6. The molecule has 0 aromatic heterocycles. The van der Waals surface area contributed by atoms with Gasteiger partial charge in [-0.25, -0.2) is 4.79 Å². The number of carbonyl (C=O) groups excluding carboxylic acids is 2. The summed E-state index contributed by atoms with van der Waals surface area (Å²) in [7, 11) is 0. The molecule has 0 amide bonds. The van der Waals surface area contributed by atoms with Gasteiger partial charge in [0.1, 0.15) is 11.7 Å². The van der Waals surface area contributed by atoms with E-state index in [0.29, 0.717) is 31.3 Å². The van der Waals surface area contributed by atoms with Crippen molar-refractivity contribution in [3.63, 3.8) is 0 Å². The molecule has 5 atom stereocenters. The van der Waals surface area contributed by atoms with Crippen molar-refractivity contribution < 1.29 is 29.3 Å². The van der Waals surface area contributed by atoms with Gasteiger partial charge in [0.05, 0.1) is 12.2 Å². The van der Waals surface area contributed by atoms with Gasteiger partial charge in [0.2, 0.25) is 0 Å². The largest absolute Gasteiger partial charge is 0.458 e. The summed E-state index contributed by atoms with van der Waals surface area (Å²) in [5, 5.41) is 21.2. The van der Waals surface area contributed by atoms with Crippen molar-refractivity contribution in [1.82, 2.24) is 0 Å². The Kier molecular flexibility index (Phi) is 7.23. The lowest BCUT2D eigenvalue weighted by molar-refractivity contribution is -0.182. The number of allylic oxidation sites excluding steroid dienone is 2. The highest BCUT2D eigenvalue weighted by Gasteiger charge is 2.45. The number of aliphatic hydroxyl groups is 2. The average Bonchev–Trinajstić information content (AvgIpc) is 2.71. The predicted molar refractivity (Wildman–Crippen MR) is 105 cm³/mol. The van der Waals surface area contributed by atoms with Gasteiger partial charge >= 0.3 is 11.9 Å². The molecule has 1 fully saturated rings. The summed E-state index contributed by atoms with van der Waals surface area (Å²) in [6.07, 6.45) is 3.57. The summed E-state index contributed by atoms with van der Waals surface area (Å²) in [4.78, 5) is 24.3. The highest BCUT2D eigenvalue weighted by atomic mass is 16.6. The zero-order chi connectivity index (χ0) is 21.1. The Morgan fingerprint density at radius 2 is 1.79 bits per heavy atom. The van der Waals surface area contributed by atoms with Crippen molar-refractivity contribution in [3.8, 4) is 0 Å². The molecule has 1 aliphatic heterocycles. The van der Waals surface area contributed by atoms with Crippen LogP contribution in [-0.2, 0) is 19.1 Å². The number of carbonyl (C=O) groups is 2. The van der Waals surface area contributed by atoms with E-state index >= 15 is 0 Å². The zero-order valence-electron chi connectivity index (χ0n) is 17.2. The molecule has 0 aromatic rings. The number of ether oxygens (including phenoxy) is 2. The van der Waals surface area contributed by atoms with E-state index in [2.05, 4.69) is 6.58 Å². The first-order valence-corrected chi connectivity index (χ1v) is 9.82. The second-order valence-electron chi connectivity index (χ2n) is 8.20. The SMILES string of the molecule is C=C1C(=O)O[C@@]2(C)CC[C@H]1C[C@H](O)/C(C)=C/C/C=C(\C)[C@H](O)C[C@H]2OC(C)=O. The summed E-state index contributed by atoms with van der Waals surface area (Å²) in [5.74, 6) is -1.27. The van der Waals surface area contributed by atoms with Gasteiger partial charge in [-0.2, -0.15) is 0 Å². The summed E-state index contributed by atoms with van der Waals surface area (Å²) in [5.41, 5.74) is 0.795. The third-order valence-electron chi connectivity index (χ3n) is 5.94. The third-order valence-corrected chi connectivity index (χ3v) is 5.94. The average molecular weight is 392 g/mol. The minimum atomic E-state index is -1.08. The number of esters is 2. The van der Waals surface area contributed by atoms with Crippen molar-refractivity contribution >= 4 is 11.9 Å². The molecule has 0 saturated carbocycles. The lowest BCUT2D eigenvalue weighted by Gasteiger charge is -2.36. The monoisotopic (exact) mass is 392 g/mol. The topological polar surface area (TPSA) is 93.1 Å². The lowest BCUT2D eigenvalue weighted by Crippen LogP contribution is -2.47. The molecule has 0 unspecified atom stereocenters. The fraction of sp³-hybridized carbons (Fsp3) is 0.636. The molecule has 6 nitrogen and oxygen atoms in total. The van der Waals surface area contributed by atoms with Gasteiger partial charge in [0.25, 0.3) is 0 Å². The van der Waals surface area contributed by atoms with Gasteiger partial charge in [0.15, 0.2) is 0 Å². The molecule has 156 valence electrons. The number of hydrogen-bond acceptors (Lipinski definition) is 6. The minimum absolute atomic E-state index is 0.133. The van der Waals surface area contributed by atoms with Crippen LogP contribution in [0.5, 0.6) is 0 Å². The smallest absolute Gasteiger partial charge is 0.334 e. The third kappa shape index (κ3) is 5.32. The first-order chi connectivity index (χ1) is 13.0. The summed E-state index contributed by atoms with van der Waals surface area (Å²) >= 11 is 0. The van der Waals surface area contributed by atoms with Gasteiger partial charge < -0.3 is 19.7 Å². The van der Waals surface area contributed by atoms with Crippen LogP contribution in [0.3, 0.4) is 0 Å². The number of rotatable bonds is 1.